The molecule has 0 radical (unpaired) electrons. The summed E-state index contributed by atoms with van der Waals surface area (Å²) in [6, 6.07) is 1.69. The van der Waals surface area contributed by atoms with Gasteiger partial charge in [0.15, 0.2) is 0 Å². The highest BCUT2D eigenvalue weighted by molar-refractivity contribution is 7.84. The van der Waals surface area contributed by atoms with Crippen LogP contribution in [0.25, 0.3) is 0 Å². The van der Waals surface area contributed by atoms with Crippen molar-refractivity contribution < 1.29 is 9.00 Å². The molecule has 18 heavy (non-hydrogen) atoms. The van der Waals surface area contributed by atoms with Gasteiger partial charge in [0, 0.05) is 35.9 Å². The highest BCUT2D eigenvalue weighted by Gasteiger charge is 2.17. The van der Waals surface area contributed by atoms with Crippen LogP contribution in [-0.2, 0) is 17.8 Å². The Kier molecular flexibility index (Phi) is 5.07. The molecule has 1 rings (SSSR count). The van der Waals surface area contributed by atoms with Gasteiger partial charge in [-0.2, -0.15) is 5.10 Å². The number of carbonyl (C=O) groups is 1. The Morgan fingerprint density at radius 2 is 2.11 bits per heavy atom. The maximum Gasteiger partial charge on any atom is 0.269 e. The third-order valence-electron chi connectivity index (χ3n) is 2.59. The molecule has 1 aromatic heterocycles. The van der Waals surface area contributed by atoms with Gasteiger partial charge in [-0.3, -0.25) is 13.7 Å². The first-order valence-corrected chi connectivity index (χ1v) is 7.68. The minimum atomic E-state index is -0.913. The third-order valence-corrected chi connectivity index (χ3v) is 3.55. The molecule has 2 unspecified atom stereocenters. The van der Waals surface area contributed by atoms with Gasteiger partial charge < -0.3 is 5.32 Å². The lowest BCUT2D eigenvalue weighted by Gasteiger charge is -2.12. The van der Waals surface area contributed by atoms with Crippen molar-refractivity contribution in [2.24, 2.45) is 7.05 Å². The van der Waals surface area contributed by atoms with Crippen LogP contribution in [0, 0.1) is 0 Å². The molecular formula is C12H21N3O2S. The first-order chi connectivity index (χ1) is 8.31. The number of aromatic nitrogens is 2. The molecule has 0 aliphatic rings. The van der Waals surface area contributed by atoms with E-state index >= 15 is 0 Å². The predicted octanol–water partition coefficient (Wildman–Crippen LogP) is 1.04. The fourth-order valence-electron chi connectivity index (χ4n) is 1.68. The first-order valence-electron chi connectivity index (χ1n) is 5.96. The molecule has 2 atom stereocenters. The lowest BCUT2D eigenvalue weighted by Crippen LogP contribution is -2.37. The molecule has 0 bridgehead atoms. The van der Waals surface area contributed by atoms with Crippen molar-refractivity contribution in [1.82, 2.24) is 15.1 Å². The number of hydrogen-bond acceptors (Lipinski definition) is 3. The lowest BCUT2D eigenvalue weighted by molar-refractivity contribution is 0.0934. The van der Waals surface area contributed by atoms with E-state index in [-0.39, 0.29) is 11.9 Å². The SMILES string of the molecule is CC(CS(C)=O)NC(=O)c1cc(C(C)C)nn1C. The zero-order valence-corrected chi connectivity index (χ0v) is 12.4. The first kappa shape index (κ1) is 14.9. The molecule has 102 valence electrons. The van der Waals surface area contributed by atoms with Crippen molar-refractivity contribution in [3.63, 3.8) is 0 Å². The van der Waals surface area contributed by atoms with Crippen LogP contribution >= 0.6 is 0 Å². The van der Waals surface area contributed by atoms with Gasteiger partial charge in [-0.1, -0.05) is 13.8 Å². The van der Waals surface area contributed by atoms with Crippen molar-refractivity contribution in [2.75, 3.05) is 12.0 Å². The van der Waals surface area contributed by atoms with Crippen molar-refractivity contribution in [3.05, 3.63) is 17.5 Å². The van der Waals surface area contributed by atoms with Gasteiger partial charge in [-0.05, 0) is 18.9 Å². The Hall–Kier alpha value is -1.17. The van der Waals surface area contributed by atoms with Crippen LogP contribution < -0.4 is 5.32 Å². The average Bonchev–Trinajstić information content (AvgIpc) is 2.58. The van der Waals surface area contributed by atoms with Crippen molar-refractivity contribution in [1.29, 1.82) is 0 Å². The predicted molar refractivity (Wildman–Crippen MR) is 73.2 cm³/mol. The molecule has 0 aliphatic carbocycles. The lowest BCUT2D eigenvalue weighted by atomic mass is 10.1. The summed E-state index contributed by atoms with van der Waals surface area (Å²) in [4.78, 5) is 12.0. The van der Waals surface area contributed by atoms with Crippen LogP contribution in [-0.4, -0.2) is 37.9 Å². The maximum absolute atomic E-state index is 12.0. The Labute approximate surface area is 110 Å². The second-order valence-corrected chi connectivity index (χ2v) is 6.33. The number of hydrogen-bond donors (Lipinski definition) is 1. The van der Waals surface area contributed by atoms with Crippen LogP contribution in [0.2, 0.25) is 0 Å². The molecule has 1 aromatic rings. The minimum absolute atomic E-state index is 0.110. The van der Waals surface area contributed by atoms with Crippen LogP contribution in [0.5, 0.6) is 0 Å². The second kappa shape index (κ2) is 6.13. The van der Waals surface area contributed by atoms with E-state index in [1.807, 2.05) is 20.8 Å². The van der Waals surface area contributed by atoms with Crippen LogP contribution in [0.15, 0.2) is 6.07 Å². The molecule has 1 amide bonds. The summed E-state index contributed by atoms with van der Waals surface area (Å²) in [5.41, 5.74) is 1.43. The third kappa shape index (κ3) is 3.94. The fraction of sp³-hybridized carbons (Fsp3) is 0.667. The molecule has 0 aliphatic heterocycles. The smallest absolute Gasteiger partial charge is 0.269 e. The van der Waals surface area contributed by atoms with Gasteiger partial charge in [0.1, 0.15) is 5.69 Å². The van der Waals surface area contributed by atoms with E-state index in [0.29, 0.717) is 17.4 Å². The standard InChI is InChI=1S/C12H21N3O2S/c1-8(2)10-6-11(15(4)14-10)12(16)13-9(3)7-18(5)17/h6,8-9H,7H2,1-5H3,(H,13,16). The fourth-order valence-corrected chi connectivity index (χ4v) is 2.46. The van der Waals surface area contributed by atoms with E-state index in [1.165, 1.54) is 0 Å². The Balaban J connectivity index is 2.75. The zero-order chi connectivity index (χ0) is 13.9. The number of amides is 1. The number of nitrogens with zero attached hydrogens (tertiary/aromatic N) is 2. The van der Waals surface area contributed by atoms with E-state index in [1.54, 1.807) is 24.1 Å². The molecule has 0 saturated carbocycles. The van der Waals surface area contributed by atoms with Gasteiger partial charge >= 0.3 is 0 Å². The quantitative estimate of drug-likeness (QED) is 0.870. The monoisotopic (exact) mass is 271 g/mol. The molecule has 6 heteroatoms. The van der Waals surface area contributed by atoms with E-state index in [0.717, 1.165) is 5.69 Å². The summed E-state index contributed by atoms with van der Waals surface area (Å²) in [5, 5.41) is 7.12. The summed E-state index contributed by atoms with van der Waals surface area (Å²) in [7, 11) is 0.840. The Morgan fingerprint density at radius 1 is 1.50 bits per heavy atom. The highest BCUT2D eigenvalue weighted by Crippen LogP contribution is 2.13. The van der Waals surface area contributed by atoms with E-state index < -0.39 is 10.8 Å². The molecule has 0 spiro atoms. The van der Waals surface area contributed by atoms with Gasteiger partial charge in [-0.15, -0.1) is 0 Å². The Bertz CT molecular complexity index is 454. The average molecular weight is 271 g/mol. The van der Waals surface area contributed by atoms with Gasteiger partial charge in [0.25, 0.3) is 5.91 Å². The van der Waals surface area contributed by atoms with E-state index in [9.17, 15) is 9.00 Å². The molecule has 1 heterocycles. The number of rotatable bonds is 5. The number of nitrogens with one attached hydrogen (secondary N) is 1. The summed E-state index contributed by atoms with van der Waals surface area (Å²) in [5.74, 6) is 0.578. The topological polar surface area (TPSA) is 64.0 Å². The number of aryl methyl sites for hydroxylation is 1. The van der Waals surface area contributed by atoms with Crippen molar-refractivity contribution >= 4 is 16.7 Å². The van der Waals surface area contributed by atoms with Crippen LogP contribution in [0.1, 0.15) is 42.9 Å². The largest absolute Gasteiger partial charge is 0.347 e. The summed E-state index contributed by atoms with van der Waals surface area (Å²) in [6.45, 7) is 5.92. The summed E-state index contributed by atoms with van der Waals surface area (Å²) in [6.07, 6.45) is 1.63. The van der Waals surface area contributed by atoms with E-state index in [2.05, 4.69) is 10.4 Å². The van der Waals surface area contributed by atoms with Crippen molar-refractivity contribution in [3.8, 4) is 0 Å². The van der Waals surface area contributed by atoms with Crippen LogP contribution in [0.3, 0.4) is 0 Å². The van der Waals surface area contributed by atoms with E-state index in [4.69, 9.17) is 0 Å². The molecule has 1 N–H and O–H groups in total. The summed E-state index contributed by atoms with van der Waals surface area (Å²) >= 11 is 0. The van der Waals surface area contributed by atoms with Gasteiger partial charge in [0.2, 0.25) is 0 Å². The second-order valence-electron chi connectivity index (χ2n) is 4.85. The molecule has 0 saturated heterocycles. The van der Waals surface area contributed by atoms with Gasteiger partial charge in [0.05, 0.1) is 5.69 Å². The van der Waals surface area contributed by atoms with Gasteiger partial charge in [-0.25, -0.2) is 0 Å². The summed E-state index contributed by atoms with van der Waals surface area (Å²) < 4.78 is 12.7. The molecule has 0 aromatic carbocycles. The highest BCUT2D eigenvalue weighted by atomic mass is 32.2. The Morgan fingerprint density at radius 3 is 2.56 bits per heavy atom. The zero-order valence-electron chi connectivity index (χ0n) is 11.6. The number of carbonyl (C=O) groups excluding carboxylic acids is 1. The minimum Gasteiger partial charge on any atom is -0.347 e. The molecule has 0 fully saturated rings. The van der Waals surface area contributed by atoms with Crippen molar-refractivity contribution in [2.45, 2.75) is 32.7 Å². The van der Waals surface area contributed by atoms with Crippen LogP contribution in [0.4, 0.5) is 0 Å². The molecular weight excluding hydrogens is 250 g/mol. The molecule has 5 nitrogen and oxygen atoms in total. The maximum atomic E-state index is 12.0. The normalized spacial score (nSPS) is 14.6.